The van der Waals surface area contributed by atoms with Gasteiger partial charge in [-0.25, -0.2) is 0 Å². The lowest BCUT2D eigenvalue weighted by Gasteiger charge is -2.22. The lowest BCUT2D eigenvalue weighted by atomic mass is 10.0. The zero-order valence-electron chi connectivity index (χ0n) is 6.73. The first-order chi connectivity index (χ1) is 4.43. The summed E-state index contributed by atoms with van der Waals surface area (Å²) in [5.41, 5.74) is 0. The van der Waals surface area contributed by atoms with Gasteiger partial charge in [0, 0.05) is 6.04 Å². The normalized spacial score (nSPS) is 25.5. The van der Waals surface area contributed by atoms with Gasteiger partial charge < -0.3 is 5.32 Å². The Hall–Kier alpha value is 0.250. The molecule has 0 saturated carbocycles. The topological polar surface area (TPSA) is 12.0 Å². The van der Waals surface area contributed by atoms with Gasteiger partial charge in [0.15, 0.2) is 0 Å². The molecule has 2 heteroatoms. The van der Waals surface area contributed by atoms with Gasteiger partial charge in [0.05, 0.1) is 0 Å². The van der Waals surface area contributed by atoms with E-state index in [-0.39, 0.29) is 12.4 Å². The largest absolute Gasteiger partial charge is 0.314 e. The third-order valence-corrected chi connectivity index (χ3v) is 2.05. The fraction of sp³-hybridized carbons (Fsp3) is 1.00. The predicted molar refractivity (Wildman–Crippen MR) is 47.8 cm³/mol. The van der Waals surface area contributed by atoms with E-state index in [1.165, 1.54) is 38.6 Å². The lowest BCUT2D eigenvalue weighted by molar-refractivity contribution is 0.380. The first-order valence-electron chi connectivity index (χ1n) is 4.17. The molecular formula is C8H18ClN. The summed E-state index contributed by atoms with van der Waals surface area (Å²) in [6.45, 7) is 3.51. The Labute approximate surface area is 70.0 Å². The van der Waals surface area contributed by atoms with Crippen LogP contribution in [-0.4, -0.2) is 12.6 Å². The Morgan fingerprint density at radius 3 is 2.70 bits per heavy atom. The molecule has 1 fully saturated rings. The maximum absolute atomic E-state index is 3.52. The summed E-state index contributed by atoms with van der Waals surface area (Å²) in [5.74, 6) is 0. The van der Waals surface area contributed by atoms with Crippen molar-refractivity contribution < 1.29 is 0 Å². The second kappa shape index (κ2) is 5.99. The summed E-state index contributed by atoms with van der Waals surface area (Å²) in [5, 5.41) is 3.52. The zero-order chi connectivity index (χ0) is 6.53. The van der Waals surface area contributed by atoms with Gasteiger partial charge in [-0.05, 0) is 25.8 Å². The Morgan fingerprint density at radius 1 is 1.40 bits per heavy atom. The van der Waals surface area contributed by atoms with Crippen LogP contribution < -0.4 is 5.32 Å². The van der Waals surface area contributed by atoms with Gasteiger partial charge in [-0.1, -0.05) is 19.8 Å². The van der Waals surface area contributed by atoms with Crippen molar-refractivity contribution in [1.82, 2.24) is 5.32 Å². The molecule has 0 aromatic rings. The number of rotatable bonds is 2. The number of piperidine rings is 1. The molecule has 1 unspecified atom stereocenters. The zero-order valence-corrected chi connectivity index (χ0v) is 7.54. The molecule has 62 valence electrons. The van der Waals surface area contributed by atoms with E-state index in [2.05, 4.69) is 12.2 Å². The van der Waals surface area contributed by atoms with E-state index in [9.17, 15) is 0 Å². The third kappa shape index (κ3) is 3.43. The molecule has 1 nitrogen and oxygen atoms in total. The lowest BCUT2D eigenvalue weighted by Crippen LogP contribution is -2.33. The van der Waals surface area contributed by atoms with Crippen molar-refractivity contribution in [2.24, 2.45) is 0 Å². The quantitative estimate of drug-likeness (QED) is 0.659. The summed E-state index contributed by atoms with van der Waals surface area (Å²) in [4.78, 5) is 0. The van der Waals surface area contributed by atoms with Gasteiger partial charge >= 0.3 is 0 Å². The summed E-state index contributed by atoms with van der Waals surface area (Å²) in [6, 6.07) is 0.851. The van der Waals surface area contributed by atoms with E-state index in [4.69, 9.17) is 0 Å². The number of halogens is 1. The van der Waals surface area contributed by atoms with Gasteiger partial charge in [-0.15, -0.1) is 12.4 Å². The first kappa shape index (κ1) is 10.2. The van der Waals surface area contributed by atoms with Crippen LogP contribution in [-0.2, 0) is 0 Å². The fourth-order valence-electron chi connectivity index (χ4n) is 1.52. The number of hydrogen-bond donors (Lipinski definition) is 1. The van der Waals surface area contributed by atoms with Crippen LogP contribution in [0.3, 0.4) is 0 Å². The highest BCUT2D eigenvalue weighted by molar-refractivity contribution is 5.85. The van der Waals surface area contributed by atoms with E-state index < -0.39 is 0 Å². The molecule has 0 aromatic heterocycles. The molecule has 1 heterocycles. The Balaban J connectivity index is 0.000000810. The van der Waals surface area contributed by atoms with Crippen molar-refractivity contribution in [1.29, 1.82) is 0 Å². The second-order valence-electron chi connectivity index (χ2n) is 2.94. The minimum atomic E-state index is 0. The second-order valence-corrected chi connectivity index (χ2v) is 2.94. The highest BCUT2D eigenvalue weighted by Crippen LogP contribution is 2.10. The SMILES string of the molecule is CCCC1CCCCN1.Cl. The number of hydrogen-bond acceptors (Lipinski definition) is 1. The van der Waals surface area contributed by atoms with Gasteiger partial charge in [-0.2, -0.15) is 0 Å². The van der Waals surface area contributed by atoms with E-state index >= 15 is 0 Å². The molecule has 0 radical (unpaired) electrons. The van der Waals surface area contributed by atoms with Crippen molar-refractivity contribution in [3.8, 4) is 0 Å². The molecule has 0 aliphatic carbocycles. The monoisotopic (exact) mass is 163 g/mol. The molecule has 1 N–H and O–H groups in total. The minimum absolute atomic E-state index is 0. The molecular weight excluding hydrogens is 146 g/mol. The highest BCUT2D eigenvalue weighted by Gasteiger charge is 2.09. The van der Waals surface area contributed by atoms with E-state index in [1.54, 1.807) is 0 Å². The van der Waals surface area contributed by atoms with Crippen LogP contribution in [0.4, 0.5) is 0 Å². The standard InChI is InChI=1S/C8H17N.ClH/c1-2-5-8-6-3-4-7-9-8;/h8-9H,2-7H2,1H3;1H. The van der Waals surface area contributed by atoms with E-state index in [1.807, 2.05) is 0 Å². The summed E-state index contributed by atoms with van der Waals surface area (Å²) < 4.78 is 0. The number of nitrogens with one attached hydrogen (secondary N) is 1. The molecule has 1 atom stereocenters. The van der Waals surface area contributed by atoms with Gasteiger partial charge in [0.25, 0.3) is 0 Å². The Morgan fingerprint density at radius 2 is 2.20 bits per heavy atom. The van der Waals surface area contributed by atoms with Crippen LogP contribution in [0, 0.1) is 0 Å². The maximum Gasteiger partial charge on any atom is 0.00669 e. The average molecular weight is 164 g/mol. The molecule has 1 aliphatic heterocycles. The fourth-order valence-corrected chi connectivity index (χ4v) is 1.52. The van der Waals surface area contributed by atoms with Crippen LogP contribution in [0.1, 0.15) is 39.0 Å². The summed E-state index contributed by atoms with van der Waals surface area (Å²) in [7, 11) is 0. The molecule has 0 spiro atoms. The molecule has 1 aliphatic rings. The smallest absolute Gasteiger partial charge is 0.00669 e. The minimum Gasteiger partial charge on any atom is -0.314 e. The molecule has 0 bridgehead atoms. The Bertz CT molecular complexity index is 66.9. The van der Waals surface area contributed by atoms with Crippen molar-refractivity contribution in [3.05, 3.63) is 0 Å². The average Bonchev–Trinajstić information content (AvgIpc) is 1.91. The van der Waals surface area contributed by atoms with Gasteiger partial charge in [-0.3, -0.25) is 0 Å². The molecule has 0 aromatic carbocycles. The van der Waals surface area contributed by atoms with Crippen molar-refractivity contribution in [2.45, 2.75) is 45.1 Å². The maximum atomic E-state index is 3.52. The van der Waals surface area contributed by atoms with Crippen LogP contribution >= 0.6 is 12.4 Å². The van der Waals surface area contributed by atoms with Crippen molar-refractivity contribution >= 4 is 12.4 Å². The highest BCUT2D eigenvalue weighted by atomic mass is 35.5. The molecule has 10 heavy (non-hydrogen) atoms. The Kier molecular flexibility index (Phi) is 6.14. The molecule has 0 amide bonds. The molecule has 1 rings (SSSR count). The van der Waals surface area contributed by atoms with Crippen molar-refractivity contribution in [3.63, 3.8) is 0 Å². The van der Waals surface area contributed by atoms with Crippen LogP contribution in [0.2, 0.25) is 0 Å². The van der Waals surface area contributed by atoms with Crippen LogP contribution in [0.5, 0.6) is 0 Å². The van der Waals surface area contributed by atoms with E-state index in [0.717, 1.165) is 6.04 Å². The summed E-state index contributed by atoms with van der Waals surface area (Å²) in [6.07, 6.45) is 6.95. The van der Waals surface area contributed by atoms with Gasteiger partial charge in [0.1, 0.15) is 0 Å². The van der Waals surface area contributed by atoms with Gasteiger partial charge in [0.2, 0.25) is 0 Å². The first-order valence-corrected chi connectivity index (χ1v) is 4.17. The summed E-state index contributed by atoms with van der Waals surface area (Å²) >= 11 is 0. The van der Waals surface area contributed by atoms with Crippen molar-refractivity contribution in [2.75, 3.05) is 6.54 Å². The third-order valence-electron chi connectivity index (χ3n) is 2.05. The van der Waals surface area contributed by atoms with E-state index in [0.29, 0.717) is 0 Å². The molecule has 1 saturated heterocycles. The predicted octanol–water partition coefficient (Wildman–Crippen LogP) is 2.35. The van der Waals surface area contributed by atoms with Crippen LogP contribution in [0.15, 0.2) is 0 Å². The van der Waals surface area contributed by atoms with Crippen LogP contribution in [0.25, 0.3) is 0 Å².